The van der Waals surface area contributed by atoms with Crippen LogP contribution in [-0.2, 0) is 4.79 Å². The van der Waals surface area contributed by atoms with Gasteiger partial charge in [-0.05, 0) is 42.9 Å². The first kappa shape index (κ1) is 14.4. The quantitative estimate of drug-likeness (QED) is 0.860. The molecule has 1 amide bonds. The number of rotatable bonds is 3. The standard InChI is InChI=1S/C17H30N2O/c1-12(16(2,3)4)11-19-14(13-7-5-6-8-13)18-17(9-10-17)15(19)20/h12-14,18H,5-11H2,1-4H3. The smallest absolute Gasteiger partial charge is 0.244 e. The highest BCUT2D eigenvalue weighted by Gasteiger charge is 2.60. The number of amides is 1. The van der Waals surface area contributed by atoms with E-state index in [1.54, 1.807) is 0 Å². The van der Waals surface area contributed by atoms with Crippen molar-refractivity contribution in [1.82, 2.24) is 10.2 Å². The van der Waals surface area contributed by atoms with Crippen molar-refractivity contribution in [3.8, 4) is 0 Å². The molecule has 0 aromatic rings. The molecule has 1 heterocycles. The second kappa shape index (κ2) is 4.72. The van der Waals surface area contributed by atoms with Gasteiger partial charge in [0.2, 0.25) is 5.91 Å². The van der Waals surface area contributed by atoms with E-state index in [0.717, 1.165) is 19.4 Å². The van der Waals surface area contributed by atoms with Gasteiger partial charge in [0.25, 0.3) is 0 Å². The molecule has 0 radical (unpaired) electrons. The minimum Gasteiger partial charge on any atom is -0.325 e. The van der Waals surface area contributed by atoms with Crippen LogP contribution in [0.4, 0.5) is 0 Å². The molecule has 0 aromatic carbocycles. The lowest BCUT2D eigenvalue weighted by atomic mass is 9.81. The maximum absolute atomic E-state index is 12.8. The molecular formula is C17H30N2O. The molecule has 3 heteroatoms. The van der Waals surface area contributed by atoms with Crippen molar-refractivity contribution < 1.29 is 4.79 Å². The van der Waals surface area contributed by atoms with Crippen molar-refractivity contribution in [1.29, 1.82) is 0 Å². The van der Waals surface area contributed by atoms with Gasteiger partial charge in [-0.3, -0.25) is 10.1 Å². The maximum atomic E-state index is 12.8. The summed E-state index contributed by atoms with van der Waals surface area (Å²) in [5.74, 6) is 1.61. The number of nitrogens with zero attached hydrogens (tertiary/aromatic N) is 1. The Morgan fingerprint density at radius 2 is 1.90 bits per heavy atom. The van der Waals surface area contributed by atoms with Crippen molar-refractivity contribution in [3.05, 3.63) is 0 Å². The van der Waals surface area contributed by atoms with Crippen LogP contribution in [0.15, 0.2) is 0 Å². The van der Waals surface area contributed by atoms with Gasteiger partial charge >= 0.3 is 0 Å². The van der Waals surface area contributed by atoms with Crippen molar-refractivity contribution >= 4 is 5.91 Å². The molecule has 1 spiro atoms. The Hall–Kier alpha value is -0.570. The number of nitrogens with one attached hydrogen (secondary N) is 1. The molecule has 114 valence electrons. The van der Waals surface area contributed by atoms with Gasteiger partial charge in [-0.1, -0.05) is 40.5 Å². The van der Waals surface area contributed by atoms with Gasteiger partial charge in [-0.15, -0.1) is 0 Å². The molecule has 3 rings (SSSR count). The third-order valence-electron chi connectivity index (χ3n) is 5.98. The fourth-order valence-electron chi connectivity index (χ4n) is 3.72. The van der Waals surface area contributed by atoms with Crippen LogP contribution in [0, 0.1) is 17.3 Å². The van der Waals surface area contributed by atoms with Crippen LogP contribution in [0.3, 0.4) is 0 Å². The minimum absolute atomic E-state index is 0.148. The lowest BCUT2D eigenvalue weighted by molar-refractivity contribution is -0.132. The van der Waals surface area contributed by atoms with Gasteiger partial charge in [-0.2, -0.15) is 0 Å². The fraction of sp³-hybridized carbons (Fsp3) is 0.941. The molecule has 1 saturated heterocycles. The number of carbonyl (C=O) groups excluding carboxylic acids is 1. The van der Waals surface area contributed by atoms with E-state index in [4.69, 9.17) is 0 Å². The summed E-state index contributed by atoms with van der Waals surface area (Å²) < 4.78 is 0. The second-order valence-corrected chi connectivity index (χ2v) is 8.44. The number of hydrogen-bond donors (Lipinski definition) is 1. The third kappa shape index (κ3) is 2.38. The zero-order valence-electron chi connectivity index (χ0n) is 13.5. The van der Waals surface area contributed by atoms with E-state index >= 15 is 0 Å². The Morgan fingerprint density at radius 1 is 1.30 bits per heavy atom. The predicted octanol–water partition coefficient (Wildman–Crippen LogP) is 3.15. The average molecular weight is 278 g/mol. The lowest BCUT2D eigenvalue weighted by Crippen LogP contribution is -2.46. The minimum atomic E-state index is -0.148. The van der Waals surface area contributed by atoms with Gasteiger partial charge in [0, 0.05) is 6.54 Å². The molecule has 3 fully saturated rings. The van der Waals surface area contributed by atoms with Gasteiger partial charge in [0.05, 0.1) is 11.7 Å². The van der Waals surface area contributed by atoms with Gasteiger partial charge in [0.1, 0.15) is 0 Å². The van der Waals surface area contributed by atoms with Gasteiger partial charge in [-0.25, -0.2) is 0 Å². The normalized spacial score (nSPS) is 31.3. The first-order valence-electron chi connectivity index (χ1n) is 8.42. The second-order valence-electron chi connectivity index (χ2n) is 8.44. The Morgan fingerprint density at radius 3 is 2.40 bits per heavy atom. The highest BCUT2D eigenvalue weighted by Crippen LogP contribution is 2.46. The average Bonchev–Trinajstić information content (AvgIpc) is 2.84. The molecule has 20 heavy (non-hydrogen) atoms. The lowest BCUT2D eigenvalue weighted by Gasteiger charge is -2.35. The number of carbonyl (C=O) groups is 1. The first-order valence-corrected chi connectivity index (χ1v) is 8.42. The molecular weight excluding hydrogens is 248 g/mol. The molecule has 3 aliphatic rings. The van der Waals surface area contributed by atoms with E-state index in [0.29, 0.717) is 23.9 Å². The summed E-state index contributed by atoms with van der Waals surface area (Å²) >= 11 is 0. The molecule has 3 nitrogen and oxygen atoms in total. The zero-order valence-corrected chi connectivity index (χ0v) is 13.5. The van der Waals surface area contributed by atoms with E-state index < -0.39 is 0 Å². The summed E-state index contributed by atoms with van der Waals surface area (Å²) in [6.07, 6.45) is 7.69. The third-order valence-corrected chi connectivity index (χ3v) is 5.98. The molecule has 2 saturated carbocycles. The van der Waals surface area contributed by atoms with Crippen molar-refractivity contribution in [2.45, 2.75) is 77.9 Å². The Labute approximate surface area is 123 Å². The van der Waals surface area contributed by atoms with E-state index in [1.165, 1.54) is 25.7 Å². The van der Waals surface area contributed by atoms with E-state index in [2.05, 4.69) is 37.9 Å². The van der Waals surface area contributed by atoms with Crippen molar-refractivity contribution in [2.75, 3.05) is 6.54 Å². The highest BCUT2D eigenvalue weighted by atomic mass is 16.2. The van der Waals surface area contributed by atoms with Crippen LogP contribution in [0.25, 0.3) is 0 Å². The molecule has 2 atom stereocenters. The largest absolute Gasteiger partial charge is 0.325 e. The zero-order chi connectivity index (χ0) is 14.5. The summed E-state index contributed by atoms with van der Waals surface area (Å²) in [4.78, 5) is 15.0. The summed E-state index contributed by atoms with van der Waals surface area (Å²) in [5, 5.41) is 3.72. The van der Waals surface area contributed by atoms with Gasteiger partial charge in [0.15, 0.2) is 0 Å². The SMILES string of the molecule is CC(CN1C(=O)C2(CC2)NC1C1CCCC1)C(C)(C)C. The summed E-state index contributed by atoms with van der Waals surface area (Å²) in [6, 6.07) is 0. The Balaban J connectivity index is 1.76. The molecule has 0 bridgehead atoms. The van der Waals surface area contributed by atoms with Crippen LogP contribution in [-0.4, -0.2) is 29.1 Å². The van der Waals surface area contributed by atoms with E-state index in [9.17, 15) is 4.79 Å². The van der Waals surface area contributed by atoms with Crippen LogP contribution < -0.4 is 5.32 Å². The molecule has 2 aliphatic carbocycles. The summed E-state index contributed by atoms with van der Waals surface area (Å²) in [7, 11) is 0. The van der Waals surface area contributed by atoms with Crippen LogP contribution in [0.1, 0.15) is 66.2 Å². The van der Waals surface area contributed by atoms with E-state index in [1.807, 2.05) is 0 Å². The van der Waals surface area contributed by atoms with E-state index in [-0.39, 0.29) is 11.0 Å². The van der Waals surface area contributed by atoms with Gasteiger partial charge < -0.3 is 4.90 Å². The maximum Gasteiger partial charge on any atom is 0.244 e. The monoisotopic (exact) mass is 278 g/mol. The Bertz CT molecular complexity index is 388. The summed E-state index contributed by atoms with van der Waals surface area (Å²) in [6.45, 7) is 10.0. The topological polar surface area (TPSA) is 32.3 Å². The van der Waals surface area contributed by atoms with Crippen molar-refractivity contribution in [2.24, 2.45) is 17.3 Å². The first-order chi connectivity index (χ1) is 9.33. The molecule has 0 aromatic heterocycles. The van der Waals surface area contributed by atoms with Crippen molar-refractivity contribution in [3.63, 3.8) is 0 Å². The molecule has 1 aliphatic heterocycles. The Kier molecular flexibility index (Phi) is 3.39. The van der Waals surface area contributed by atoms with Crippen LogP contribution in [0.2, 0.25) is 0 Å². The fourth-order valence-corrected chi connectivity index (χ4v) is 3.72. The molecule has 2 unspecified atom stereocenters. The summed E-state index contributed by atoms with van der Waals surface area (Å²) in [5.41, 5.74) is 0.116. The highest BCUT2D eigenvalue weighted by molar-refractivity contribution is 5.91. The van der Waals surface area contributed by atoms with Crippen LogP contribution in [0.5, 0.6) is 0 Å². The van der Waals surface area contributed by atoms with Crippen LogP contribution >= 0.6 is 0 Å². The predicted molar refractivity (Wildman–Crippen MR) is 81.2 cm³/mol. The molecule has 1 N–H and O–H groups in total. The number of hydrogen-bond acceptors (Lipinski definition) is 2.